The number of likely N-dealkylation sites (tertiary alicyclic amines) is 1. The van der Waals surface area contributed by atoms with Crippen LogP contribution in [0, 0.1) is 23.6 Å². The highest BCUT2D eigenvalue weighted by molar-refractivity contribution is 6.02. The predicted molar refractivity (Wildman–Crippen MR) is 146 cm³/mol. The van der Waals surface area contributed by atoms with Crippen molar-refractivity contribution in [3.8, 4) is 5.75 Å². The first-order chi connectivity index (χ1) is 19.3. The number of amides is 3. The van der Waals surface area contributed by atoms with E-state index in [2.05, 4.69) is 17.6 Å². The minimum atomic E-state index is -1.26. The summed E-state index contributed by atoms with van der Waals surface area (Å²) in [5.74, 6) is -2.10. The lowest BCUT2D eigenvalue weighted by atomic mass is 9.74. The Morgan fingerprint density at radius 3 is 2.65 bits per heavy atom. The first-order valence-corrected chi connectivity index (χ1v) is 14.0. The SMILES string of the molecule is COc1cccc(NC(=O)[C@@H]2[C@@H]3C=C[C@]4(O3)[C@@H]2C(=O)N(Cc2ccc(F)cc2)[C@H]4C(=O)N[C@H]2CCCC[C@H]2C)c1. The van der Waals surface area contributed by atoms with E-state index in [1.807, 2.05) is 0 Å². The van der Waals surface area contributed by atoms with Crippen LogP contribution in [0.4, 0.5) is 10.1 Å². The molecule has 8 nitrogen and oxygen atoms in total. The molecule has 4 aliphatic rings. The van der Waals surface area contributed by atoms with Crippen molar-refractivity contribution in [2.24, 2.45) is 17.8 Å². The number of benzene rings is 2. The topological polar surface area (TPSA) is 97.0 Å². The summed E-state index contributed by atoms with van der Waals surface area (Å²) in [7, 11) is 1.55. The van der Waals surface area contributed by atoms with Crippen LogP contribution in [-0.4, -0.2) is 53.5 Å². The van der Waals surface area contributed by atoms with Crippen molar-refractivity contribution < 1.29 is 28.2 Å². The number of anilines is 1. The summed E-state index contributed by atoms with van der Waals surface area (Å²) in [6.45, 7) is 2.24. The first-order valence-electron chi connectivity index (χ1n) is 14.0. The quantitative estimate of drug-likeness (QED) is 0.514. The molecule has 0 unspecified atom stereocenters. The van der Waals surface area contributed by atoms with Gasteiger partial charge in [0.2, 0.25) is 17.7 Å². The maximum absolute atomic E-state index is 14.1. The summed E-state index contributed by atoms with van der Waals surface area (Å²) in [5.41, 5.74) is -0.0367. The molecule has 3 aliphatic heterocycles. The monoisotopic (exact) mass is 547 g/mol. The van der Waals surface area contributed by atoms with Crippen molar-refractivity contribution in [3.05, 3.63) is 72.1 Å². The Bertz CT molecular complexity index is 1350. The zero-order valence-corrected chi connectivity index (χ0v) is 22.6. The second-order valence-corrected chi connectivity index (χ2v) is 11.4. The van der Waals surface area contributed by atoms with Crippen LogP contribution in [0.15, 0.2) is 60.7 Å². The fraction of sp³-hybridized carbons (Fsp3) is 0.452. The van der Waals surface area contributed by atoms with Crippen LogP contribution in [-0.2, 0) is 25.7 Å². The standard InChI is InChI=1S/C31H34FN3O5/c1-18-6-3-4-9-23(18)34-29(37)27-31-15-14-24(40-31)25(28(36)33-21-7-5-8-22(16-21)39-2)26(31)30(38)35(27)17-19-10-12-20(32)13-11-19/h5,7-8,10-16,18,23-27H,3-4,6,9,17H2,1-2H3,(H,33,36)(H,34,37)/t18-,23+,24+,25-,26+,27+,31+/m1/s1. The van der Waals surface area contributed by atoms with Gasteiger partial charge in [-0.2, -0.15) is 0 Å². The Hall–Kier alpha value is -3.72. The minimum Gasteiger partial charge on any atom is -0.497 e. The van der Waals surface area contributed by atoms with Crippen LogP contribution in [0.25, 0.3) is 0 Å². The van der Waals surface area contributed by atoms with Gasteiger partial charge in [0.25, 0.3) is 0 Å². The fourth-order valence-corrected chi connectivity index (χ4v) is 6.94. The van der Waals surface area contributed by atoms with Crippen molar-refractivity contribution in [3.63, 3.8) is 0 Å². The highest BCUT2D eigenvalue weighted by atomic mass is 19.1. The molecule has 210 valence electrons. The lowest BCUT2D eigenvalue weighted by Crippen LogP contribution is -2.57. The highest BCUT2D eigenvalue weighted by Crippen LogP contribution is 2.55. The summed E-state index contributed by atoms with van der Waals surface area (Å²) < 4.78 is 25.3. The molecule has 2 aromatic rings. The van der Waals surface area contributed by atoms with Crippen LogP contribution in [0.5, 0.6) is 5.75 Å². The molecule has 1 saturated carbocycles. The van der Waals surface area contributed by atoms with E-state index in [0.717, 1.165) is 25.7 Å². The molecule has 0 aromatic heterocycles. The number of methoxy groups -OCH3 is 1. The lowest BCUT2D eigenvalue weighted by Gasteiger charge is -2.36. The molecule has 2 saturated heterocycles. The number of rotatable bonds is 7. The number of nitrogens with zero attached hydrogens (tertiary/aromatic N) is 1. The molecular weight excluding hydrogens is 513 g/mol. The van der Waals surface area contributed by atoms with Crippen molar-refractivity contribution in [1.29, 1.82) is 0 Å². The third-order valence-corrected chi connectivity index (χ3v) is 8.97. The van der Waals surface area contributed by atoms with Gasteiger partial charge in [-0.05, 0) is 48.6 Å². The van der Waals surface area contributed by atoms with Gasteiger partial charge in [-0.15, -0.1) is 0 Å². The van der Waals surface area contributed by atoms with Gasteiger partial charge in [-0.1, -0.05) is 50.1 Å². The molecule has 6 rings (SSSR count). The summed E-state index contributed by atoms with van der Waals surface area (Å²) in [6, 6.07) is 11.9. The Balaban J connectivity index is 1.32. The zero-order valence-electron chi connectivity index (χ0n) is 22.6. The third kappa shape index (κ3) is 4.46. The van der Waals surface area contributed by atoms with Crippen LogP contribution in [0.3, 0.4) is 0 Å². The van der Waals surface area contributed by atoms with Crippen molar-refractivity contribution in [1.82, 2.24) is 10.2 Å². The average Bonchev–Trinajstić information content (AvgIpc) is 3.59. The van der Waals surface area contributed by atoms with Gasteiger partial charge in [-0.3, -0.25) is 14.4 Å². The fourth-order valence-electron chi connectivity index (χ4n) is 6.94. The van der Waals surface area contributed by atoms with E-state index >= 15 is 0 Å². The first kappa shape index (κ1) is 26.5. The van der Waals surface area contributed by atoms with Gasteiger partial charge in [0.15, 0.2) is 0 Å². The molecule has 3 fully saturated rings. The second kappa shape index (κ2) is 10.4. The molecule has 0 radical (unpaired) electrons. The molecule has 2 N–H and O–H groups in total. The van der Waals surface area contributed by atoms with Crippen molar-refractivity contribution in [2.75, 3.05) is 12.4 Å². The van der Waals surface area contributed by atoms with Crippen LogP contribution in [0.1, 0.15) is 38.2 Å². The van der Waals surface area contributed by atoms with Crippen molar-refractivity contribution in [2.45, 2.75) is 62.9 Å². The van der Waals surface area contributed by atoms with Crippen LogP contribution < -0.4 is 15.4 Å². The molecule has 1 aliphatic carbocycles. The van der Waals surface area contributed by atoms with Crippen LogP contribution in [0.2, 0.25) is 0 Å². The van der Waals surface area contributed by atoms with E-state index in [-0.39, 0.29) is 36.1 Å². The molecule has 2 bridgehead atoms. The van der Waals surface area contributed by atoms with Gasteiger partial charge < -0.3 is 25.0 Å². The number of nitrogens with one attached hydrogen (secondary N) is 2. The maximum atomic E-state index is 14.1. The summed E-state index contributed by atoms with van der Waals surface area (Å²) in [4.78, 5) is 43.3. The third-order valence-electron chi connectivity index (χ3n) is 8.97. The van der Waals surface area contributed by atoms with Crippen LogP contribution >= 0.6 is 0 Å². The predicted octanol–water partition coefficient (Wildman–Crippen LogP) is 3.82. The second-order valence-electron chi connectivity index (χ2n) is 11.4. The number of hydrogen-bond donors (Lipinski definition) is 2. The van der Waals surface area contributed by atoms with Gasteiger partial charge >= 0.3 is 0 Å². The number of hydrogen-bond acceptors (Lipinski definition) is 5. The molecule has 3 amide bonds. The van der Waals surface area contributed by atoms with E-state index in [9.17, 15) is 18.8 Å². The molecule has 9 heteroatoms. The molecule has 40 heavy (non-hydrogen) atoms. The number of carbonyl (C=O) groups excluding carboxylic acids is 3. The van der Waals surface area contributed by atoms with E-state index in [1.165, 1.54) is 17.0 Å². The average molecular weight is 548 g/mol. The summed E-state index contributed by atoms with van der Waals surface area (Å²) >= 11 is 0. The van der Waals surface area contributed by atoms with Crippen molar-refractivity contribution >= 4 is 23.4 Å². The Morgan fingerprint density at radius 2 is 1.90 bits per heavy atom. The number of halogens is 1. The number of fused-ring (bicyclic) bond motifs is 1. The highest BCUT2D eigenvalue weighted by Gasteiger charge is 2.72. The Morgan fingerprint density at radius 1 is 1.12 bits per heavy atom. The van der Waals surface area contributed by atoms with E-state index < -0.39 is 29.6 Å². The summed E-state index contributed by atoms with van der Waals surface area (Å²) in [5, 5.41) is 6.14. The Labute approximate surface area is 232 Å². The number of carbonyl (C=O) groups is 3. The smallest absolute Gasteiger partial charge is 0.246 e. The molecule has 2 aromatic carbocycles. The Kier molecular flexibility index (Phi) is 6.86. The largest absolute Gasteiger partial charge is 0.497 e. The normalized spacial score (nSPS) is 32.2. The molecule has 7 atom stereocenters. The van der Waals surface area contributed by atoms with Gasteiger partial charge in [0.05, 0.1) is 25.0 Å². The van der Waals surface area contributed by atoms with Gasteiger partial charge in [0, 0.05) is 24.3 Å². The number of ether oxygens (including phenoxy) is 2. The zero-order chi connectivity index (χ0) is 28.0. The molecule has 1 spiro atoms. The molecule has 3 heterocycles. The van der Waals surface area contributed by atoms with E-state index in [0.29, 0.717) is 22.9 Å². The molecular formula is C31H34FN3O5. The van der Waals surface area contributed by atoms with E-state index in [4.69, 9.17) is 9.47 Å². The summed E-state index contributed by atoms with van der Waals surface area (Å²) in [6.07, 6.45) is 7.06. The van der Waals surface area contributed by atoms with E-state index in [1.54, 1.807) is 55.7 Å². The van der Waals surface area contributed by atoms with Gasteiger partial charge in [-0.25, -0.2) is 4.39 Å². The maximum Gasteiger partial charge on any atom is 0.246 e. The van der Waals surface area contributed by atoms with Gasteiger partial charge in [0.1, 0.15) is 23.2 Å². The minimum absolute atomic E-state index is 0.00853. The lowest BCUT2D eigenvalue weighted by molar-refractivity contribution is -0.142.